The van der Waals surface area contributed by atoms with Crippen LogP contribution in [0, 0.1) is 0 Å². The lowest BCUT2D eigenvalue weighted by molar-refractivity contribution is -0.121. The molecule has 0 aliphatic carbocycles. The van der Waals surface area contributed by atoms with Gasteiger partial charge in [0.25, 0.3) is 0 Å². The second kappa shape index (κ2) is 7.65. The van der Waals surface area contributed by atoms with E-state index >= 15 is 0 Å². The number of carbonyl (C=O) groups is 1. The molecule has 0 bridgehead atoms. The van der Waals surface area contributed by atoms with Gasteiger partial charge in [-0.15, -0.1) is 0 Å². The molecule has 1 aliphatic rings. The van der Waals surface area contributed by atoms with Crippen LogP contribution in [0.1, 0.15) is 26.2 Å². The molecular formula is C11H23N3O. The topological polar surface area (TPSA) is 44.4 Å². The molecule has 2 N–H and O–H groups in total. The number of rotatable bonds is 6. The highest BCUT2D eigenvalue weighted by atomic mass is 16.1. The summed E-state index contributed by atoms with van der Waals surface area (Å²) in [5.41, 5.74) is 0. The summed E-state index contributed by atoms with van der Waals surface area (Å²) in [6.07, 6.45) is 2.77. The van der Waals surface area contributed by atoms with Gasteiger partial charge in [0.2, 0.25) is 5.91 Å². The minimum absolute atomic E-state index is 0.201. The fourth-order valence-corrected chi connectivity index (χ4v) is 1.71. The van der Waals surface area contributed by atoms with Gasteiger partial charge in [0.1, 0.15) is 0 Å². The van der Waals surface area contributed by atoms with E-state index in [-0.39, 0.29) is 5.91 Å². The van der Waals surface area contributed by atoms with E-state index in [0.717, 1.165) is 52.1 Å². The van der Waals surface area contributed by atoms with Crippen LogP contribution in [-0.4, -0.2) is 50.1 Å². The average molecular weight is 213 g/mol. The molecule has 0 spiro atoms. The fraction of sp³-hybridized carbons (Fsp3) is 0.909. The zero-order chi connectivity index (χ0) is 10.9. The predicted octanol–water partition coefficient (Wildman–Crippen LogP) is 0.198. The standard InChI is InChI=1S/C11H23N3O/c1-2-3-4-11(15)13-7-10-14-8-5-12-6-9-14/h12H,2-10H2,1H3,(H,13,15). The third-order valence-electron chi connectivity index (χ3n) is 2.72. The summed E-state index contributed by atoms with van der Waals surface area (Å²) in [5.74, 6) is 0.201. The molecule has 0 aromatic heterocycles. The first-order chi connectivity index (χ1) is 7.33. The van der Waals surface area contributed by atoms with Crippen molar-refractivity contribution in [2.75, 3.05) is 39.3 Å². The molecule has 1 heterocycles. The molecule has 4 nitrogen and oxygen atoms in total. The van der Waals surface area contributed by atoms with Gasteiger partial charge in [0, 0.05) is 45.7 Å². The molecule has 0 atom stereocenters. The largest absolute Gasteiger partial charge is 0.355 e. The fourth-order valence-electron chi connectivity index (χ4n) is 1.71. The van der Waals surface area contributed by atoms with Gasteiger partial charge < -0.3 is 10.6 Å². The van der Waals surface area contributed by atoms with Gasteiger partial charge in [-0.05, 0) is 6.42 Å². The van der Waals surface area contributed by atoms with Gasteiger partial charge in [-0.1, -0.05) is 13.3 Å². The predicted molar refractivity (Wildman–Crippen MR) is 61.8 cm³/mol. The van der Waals surface area contributed by atoms with E-state index in [9.17, 15) is 4.79 Å². The highest BCUT2D eigenvalue weighted by Crippen LogP contribution is 1.93. The van der Waals surface area contributed by atoms with Crippen LogP contribution in [0.25, 0.3) is 0 Å². The van der Waals surface area contributed by atoms with Crippen molar-refractivity contribution < 1.29 is 4.79 Å². The van der Waals surface area contributed by atoms with Crippen molar-refractivity contribution in [2.45, 2.75) is 26.2 Å². The van der Waals surface area contributed by atoms with Crippen LogP contribution in [0.15, 0.2) is 0 Å². The van der Waals surface area contributed by atoms with E-state index in [1.807, 2.05) is 0 Å². The second-order valence-corrected chi connectivity index (χ2v) is 4.05. The summed E-state index contributed by atoms with van der Waals surface area (Å²) in [4.78, 5) is 13.7. The molecule has 0 saturated carbocycles. The third kappa shape index (κ3) is 5.74. The van der Waals surface area contributed by atoms with Crippen molar-refractivity contribution in [3.05, 3.63) is 0 Å². The van der Waals surface area contributed by atoms with Gasteiger partial charge in [-0.2, -0.15) is 0 Å². The Kier molecular flexibility index (Phi) is 6.36. The van der Waals surface area contributed by atoms with Crippen molar-refractivity contribution in [2.24, 2.45) is 0 Å². The Morgan fingerprint density at radius 3 is 2.80 bits per heavy atom. The zero-order valence-corrected chi connectivity index (χ0v) is 9.72. The highest BCUT2D eigenvalue weighted by molar-refractivity contribution is 5.75. The normalized spacial score (nSPS) is 17.7. The molecule has 4 heteroatoms. The number of hydrogen-bond donors (Lipinski definition) is 2. The molecule has 15 heavy (non-hydrogen) atoms. The van der Waals surface area contributed by atoms with Crippen molar-refractivity contribution in [1.82, 2.24) is 15.5 Å². The zero-order valence-electron chi connectivity index (χ0n) is 9.72. The first kappa shape index (κ1) is 12.5. The maximum absolute atomic E-state index is 11.3. The number of nitrogens with zero attached hydrogens (tertiary/aromatic N) is 1. The van der Waals surface area contributed by atoms with Gasteiger partial charge in [0.05, 0.1) is 0 Å². The van der Waals surface area contributed by atoms with Crippen LogP contribution in [0.3, 0.4) is 0 Å². The highest BCUT2D eigenvalue weighted by Gasteiger charge is 2.08. The third-order valence-corrected chi connectivity index (χ3v) is 2.72. The minimum Gasteiger partial charge on any atom is -0.355 e. The number of piperazine rings is 1. The van der Waals surface area contributed by atoms with E-state index < -0.39 is 0 Å². The van der Waals surface area contributed by atoms with Crippen LogP contribution in [0.2, 0.25) is 0 Å². The van der Waals surface area contributed by atoms with E-state index in [1.165, 1.54) is 0 Å². The molecule has 1 saturated heterocycles. The van der Waals surface area contributed by atoms with Gasteiger partial charge in [-0.25, -0.2) is 0 Å². The number of hydrogen-bond acceptors (Lipinski definition) is 3. The van der Waals surface area contributed by atoms with Crippen molar-refractivity contribution in [1.29, 1.82) is 0 Å². The molecule has 88 valence electrons. The molecule has 1 fully saturated rings. The average Bonchev–Trinajstić information content (AvgIpc) is 2.28. The molecule has 0 aromatic rings. The Labute approximate surface area is 92.4 Å². The molecule has 1 amide bonds. The molecule has 0 aromatic carbocycles. The first-order valence-electron chi connectivity index (χ1n) is 6.02. The second-order valence-electron chi connectivity index (χ2n) is 4.05. The van der Waals surface area contributed by atoms with Crippen LogP contribution < -0.4 is 10.6 Å². The van der Waals surface area contributed by atoms with Gasteiger partial charge in [-0.3, -0.25) is 9.69 Å². The van der Waals surface area contributed by atoms with Crippen LogP contribution in [-0.2, 0) is 4.79 Å². The van der Waals surface area contributed by atoms with Crippen LogP contribution >= 0.6 is 0 Å². The SMILES string of the molecule is CCCCC(=O)NCCN1CCNCC1. The summed E-state index contributed by atoms with van der Waals surface area (Å²) in [6, 6.07) is 0. The van der Waals surface area contributed by atoms with Crippen LogP contribution in [0.4, 0.5) is 0 Å². The van der Waals surface area contributed by atoms with E-state index in [2.05, 4.69) is 22.5 Å². The Bertz CT molecular complexity index is 179. The quantitative estimate of drug-likeness (QED) is 0.662. The number of amides is 1. The van der Waals surface area contributed by atoms with Crippen molar-refractivity contribution >= 4 is 5.91 Å². The Morgan fingerprint density at radius 2 is 2.13 bits per heavy atom. The summed E-state index contributed by atoms with van der Waals surface area (Å²) in [6.45, 7) is 8.24. The molecule has 0 radical (unpaired) electrons. The lowest BCUT2D eigenvalue weighted by Crippen LogP contribution is -2.46. The molecule has 1 aliphatic heterocycles. The number of nitrogens with one attached hydrogen (secondary N) is 2. The summed E-state index contributed by atoms with van der Waals surface area (Å²) in [5, 5.41) is 6.28. The van der Waals surface area contributed by atoms with Gasteiger partial charge >= 0.3 is 0 Å². The summed E-state index contributed by atoms with van der Waals surface area (Å²) in [7, 11) is 0. The van der Waals surface area contributed by atoms with Gasteiger partial charge in [0.15, 0.2) is 0 Å². The summed E-state index contributed by atoms with van der Waals surface area (Å²) >= 11 is 0. The van der Waals surface area contributed by atoms with Crippen molar-refractivity contribution in [3.8, 4) is 0 Å². The molecule has 1 rings (SSSR count). The monoisotopic (exact) mass is 213 g/mol. The lowest BCUT2D eigenvalue weighted by atomic mass is 10.2. The Morgan fingerprint density at radius 1 is 1.40 bits per heavy atom. The lowest BCUT2D eigenvalue weighted by Gasteiger charge is -2.27. The maximum Gasteiger partial charge on any atom is 0.220 e. The maximum atomic E-state index is 11.3. The van der Waals surface area contributed by atoms with Crippen LogP contribution in [0.5, 0.6) is 0 Å². The minimum atomic E-state index is 0.201. The van der Waals surface area contributed by atoms with E-state index in [4.69, 9.17) is 0 Å². The first-order valence-corrected chi connectivity index (χ1v) is 6.02. The number of unbranched alkanes of at least 4 members (excludes halogenated alkanes) is 1. The Hall–Kier alpha value is -0.610. The molecular weight excluding hydrogens is 190 g/mol. The molecule has 0 unspecified atom stereocenters. The summed E-state index contributed by atoms with van der Waals surface area (Å²) < 4.78 is 0. The van der Waals surface area contributed by atoms with Crippen molar-refractivity contribution in [3.63, 3.8) is 0 Å². The smallest absolute Gasteiger partial charge is 0.220 e. The number of carbonyl (C=O) groups excluding carboxylic acids is 1. The van der Waals surface area contributed by atoms with E-state index in [0.29, 0.717) is 6.42 Å². The van der Waals surface area contributed by atoms with E-state index in [1.54, 1.807) is 0 Å². The Balaban J connectivity index is 1.97.